The van der Waals surface area contributed by atoms with Crippen molar-refractivity contribution in [1.82, 2.24) is 14.5 Å². The Morgan fingerprint density at radius 3 is 2.52 bits per heavy atom. The molecule has 1 heterocycles. The van der Waals surface area contributed by atoms with E-state index in [4.69, 9.17) is 28.9 Å². The number of nitrogens with one attached hydrogen (secondary N) is 1. The largest absolute Gasteiger partial charge is 0.352 e. The van der Waals surface area contributed by atoms with Crippen LogP contribution >= 0.6 is 23.2 Å². The van der Waals surface area contributed by atoms with Crippen LogP contribution in [0.1, 0.15) is 10.4 Å². The first kappa shape index (κ1) is 24.9. The number of amides is 2. The summed E-state index contributed by atoms with van der Waals surface area (Å²) in [7, 11) is -4.27. The second-order valence-corrected chi connectivity index (χ2v) is 9.66. The smallest absolute Gasteiger partial charge is 0.270 e. The van der Waals surface area contributed by atoms with Crippen LogP contribution in [0.5, 0.6) is 0 Å². The van der Waals surface area contributed by atoms with Crippen LogP contribution in [-0.2, 0) is 14.8 Å². The average Bonchev–Trinajstić information content (AvgIpc) is 3.25. The predicted molar refractivity (Wildman–Crippen MR) is 120 cm³/mol. The van der Waals surface area contributed by atoms with Crippen molar-refractivity contribution in [1.29, 1.82) is 0 Å². The summed E-state index contributed by atoms with van der Waals surface area (Å²) in [5, 5.41) is 13.7. The van der Waals surface area contributed by atoms with Crippen molar-refractivity contribution in [2.24, 2.45) is 5.73 Å². The minimum absolute atomic E-state index is 0.00518. The standard InChI is InChI=1S/C19H19Cl2N5O6S/c20-15-5-4-14(11-16(15)21)33(31,32)25-9-8-24(18(25)17(27)23-7-6-22)19(28)12-2-1-3-13(10-12)26(29)30/h1-5,10-11,18H,6-9,22H2,(H,23,27). The minimum Gasteiger partial charge on any atom is -0.352 e. The Labute approximate surface area is 199 Å². The van der Waals surface area contributed by atoms with Gasteiger partial charge in [-0.15, -0.1) is 0 Å². The van der Waals surface area contributed by atoms with E-state index in [9.17, 15) is 28.1 Å². The van der Waals surface area contributed by atoms with Crippen molar-refractivity contribution in [3.8, 4) is 0 Å². The molecule has 0 aliphatic carbocycles. The summed E-state index contributed by atoms with van der Waals surface area (Å²) in [4.78, 5) is 37.3. The fourth-order valence-electron chi connectivity index (χ4n) is 3.32. The number of nitrogens with zero attached hydrogens (tertiary/aromatic N) is 3. The third kappa shape index (κ3) is 5.09. The van der Waals surface area contributed by atoms with Crippen molar-refractivity contribution in [3.05, 3.63) is 68.2 Å². The van der Waals surface area contributed by atoms with Gasteiger partial charge >= 0.3 is 0 Å². The van der Waals surface area contributed by atoms with Crippen LogP contribution in [0.4, 0.5) is 5.69 Å². The summed E-state index contributed by atoms with van der Waals surface area (Å²) in [6, 6.07) is 8.65. The first-order chi connectivity index (χ1) is 15.6. The van der Waals surface area contributed by atoms with Crippen molar-refractivity contribution in [2.75, 3.05) is 26.2 Å². The summed E-state index contributed by atoms with van der Waals surface area (Å²) in [5.74, 6) is -1.50. The lowest BCUT2D eigenvalue weighted by Gasteiger charge is -2.28. The molecule has 0 spiro atoms. The Balaban J connectivity index is 2.01. The van der Waals surface area contributed by atoms with Gasteiger partial charge in [-0.1, -0.05) is 29.3 Å². The Hall–Kier alpha value is -2.77. The van der Waals surface area contributed by atoms with E-state index in [1.165, 1.54) is 30.3 Å². The number of benzene rings is 2. The molecule has 33 heavy (non-hydrogen) atoms. The van der Waals surface area contributed by atoms with Crippen LogP contribution in [0.2, 0.25) is 10.0 Å². The second-order valence-electron chi connectivity index (χ2n) is 6.95. The highest BCUT2D eigenvalue weighted by Gasteiger charge is 2.46. The molecule has 14 heteroatoms. The fraction of sp³-hybridized carbons (Fsp3) is 0.263. The van der Waals surface area contributed by atoms with Gasteiger partial charge in [0.25, 0.3) is 17.5 Å². The predicted octanol–water partition coefficient (Wildman–Crippen LogP) is 1.45. The third-order valence-electron chi connectivity index (χ3n) is 4.87. The molecule has 1 fully saturated rings. The molecule has 0 radical (unpaired) electrons. The van der Waals surface area contributed by atoms with E-state index in [-0.39, 0.29) is 52.4 Å². The number of hydrogen-bond acceptors (Lipinski definition) is 7. The molecule has 2 aromatic carbocycles. The van der Waals surface area contributed by atoms with E-state index in [1.807, 2.05) is 0 Å². The van der Waals surface area contributed by atoms with Crippen LogP contribution in [0.25, 0.3) is 0 Å². The molecule has 1 saturated heterocycles. The molecule has 1 aliphatic rings. The topological polar surface area (TPSA) is 156 Å². The van der Waals surface area contributed by atoms with E-state index in [0.29, 0.717) is 0 Å². The monoisotopic (exact) mass is 515 g/mol. The molecule has 1 unspecified atom stereocenters. The Bertz CT molecular complexity index is 1210. The van der Waals surface area contributed by atoms with Crippen molar-refractivity contribution >= 4 is 50.7 Å². The SMILES string of the molecule is NCCNC(=O)C1N(C(=O)c2cccc([N+](=O)[O-])c2)CCN1S(=O)(=O)c1ccc(Cl)c(Cl)c1. The number of non-ortho nitro benzene ring substituents is 1. The molecule has 176 valence electrons. The lowest BCUT2D eigenvalue weighted by atomic mass is 10.1. The zero-order chi connectivity index (χ0) is 24.3. The lowest BCUT2D eigenvalue weighted by molar-refractivity contribution is -0.384. The maximum Gasteiger partial charge on any atom is 0.270 e. The molecular formula is C19H19Cl2N5O6S. The molecule has 11 nitrogen and oxygen atoms in total. The van der Waals surface area contributed by atoms with Crippen LogP contribution in [0.3, 0.4) is 0 Å². The summed E-state index contributed by atoms with van der Waals surface area (Å²) >= 11 is 11.8. The number of carbonyl (C=O) groups is 2. The van der Waals surface area contributed by atoms with E-state index in [1.54, 1.807) is 0 Å². The maximum absolute atomic E-state index is 13.3. The van der Waals surface area contributed by atoms with Crippen molar-refractivity contribution < 1.29 is 22.9 Å². The maximum atomic E-state index is 13.3. The molecule has 2 amide bonds. The molecule has 2 aromatic rings. The number of halogens is 2. The van der Waals surface area contributed by atoms with Gasteiger partial charge in [-0.25, -0.2) is 8.42 Å². The van der Waals surface area contributed by atoms with Gasteiger partial charge in [0.1, 0.15) is 0 Å². The molecular weight excluding hydrogens is 497 g/mol. The van der Waals surface area contributed by atoms with Gasteiger partial charge in [0.2, 0.25) is 10.0 Å². The van der Waals surface area contributed by atoms with Crippen molar-refractivity contribution in [2.45, 2.75) is 11.1 Å². The third-order valence-corrected chi connectivity index (χ3v) is 7.46. The number of nitro benzene ring substituents is 1. The van der Waals surface area contributed by atoms with Gasteiger partial charge in [-0.3, -0.25) is 19.7 Å². The van der Waals surface area contributed by atoms with E-state index in [0.717, 1.165) is 21.3 Å². The van der Waals surface area contributed by atoms with Gasteiger partial charge in [0, 0.05) is 43.9 Å². The highest BCUT2D eigenvalue weighted by Crippen LogP contribution is 2.30. The number of carbonyl (C=O) groups excluding carboxylic acids is 2. The first-order valence-corrected chi connectivity index (χ1v) is 11.8. The second kappa shape index (κ2) is 10.0. The quantitative estimate of drug-likeness (QED) is 0.417. The summed E-state index contributed by atoms with van der Waals surface area (Å²) in [6.07, 6.45) is -1.54. The molecule has 3 rings (SSSR count). The van der Waals surface area contributed by atoms with Gasteiger partial charge in [0.15, 0.2) is 6.17 Å². The fourth-order valence-corrected chi connectivity index (χ4v) is 5.26. The molecule has 0 bridgehead atoms. The lowest BCUT2D eigenvalue weighted by Crippen LogP contribution is -2.54. The minimum atomic E-state index is -4.27. The van der Waals surface area contributed by atoms with Crippen LogP contribution in [0, 0.1) is 10.1 Å². The van der Waals surface area contributed by atoms with Gasteiger partial charge < -0.3 is 16.0 Å². The van der Waals surface area contributed by atoms with E-state index in [2.05, 4.69) is 5.32 Å². The average molecular weight is 516 g/mol. The number of rotatable bonds is 7. The number of nitro groups is 1. The highest BCUT2D eigenvalue weighted by atomic mass is 35.5. The first-order valence-electron chi connectivity index (χ1n) is 9.58. The summed E-state index contributed by atoms with van der Waals surface area (Å²) < 4.78 is 27.5. The number of sulfonamides is 1. The summed E-state index contributed by atoms with van der Waals surface area (Å²) in [5.41, 5.74) is 5.05. The van der Waals surface area contributed by atoms with E-state index >= 15 is 0 Å². The Morgan fingerprint density at radius 1 is 1.15 bits per heavy atom. The van der Waals surface area contributed by atoms with E-state index < -0.39 is 32.9 Å². The van der Waals surface area contributed by atoms with Gasteiger partial charge in [0.05, 0.1) is 19.9 Å². The molecule has 1 aliphatic heterocycles. The van der Waals surface area contributed by atoms with Crippen molar-refractivity contribution in [3.63, 3.8) is 0 Å². The zero-order valence-electron chi connectivity index (χ0n) is 17.0. The van der Waals surface area contributed by atoms with Gasteiger partial charge in [-0.05, 0) is 24.3 Å². The normalized spacial score (nSPS) is 16.6. The van der Waals surface area contributed by atoms with Crippen LogP contribution < -0.4 is 11.1 Å². The molecule has 0 saturated carbocycles. The number of nitrogens with two attached hydrogens (primary N) is 1. The Kier molecular flexibility index (Phi) is 7.55. The Morgan fingerprint density at radius 2 is 1.88 bits per heavy atom. The zero-order valence-corrected chi connectivity index (χ0v) is 19.3. The summed E-state index contributed by atoms with van der Waals surface area (Å²) in [6.45, 7) is -0.168. The molecule has 3 N–H and O–H groups in total. The number of hydrogen-bond donors (Lipinski definition) is 2. The highest BCUT2D eigenvalue weighted by molar-refractivity contribution is 7.89. The molecule has 1 atom stereocenters. The molecule has 0 aromatic heterocycles. The van der Waals surface area contributed by atoms with Crippen LogP contribution in [-0.4, -0.2) is 66.7 Å². The van der Waals surface area contributed by atoms with Crippen LogP contribution in [0.15, 0.2) is 47.4 Å². The van der Waals surface area contributed by atoms with Gasteiger partial charge in [-0.2, -0.15) is 4.31 Å².